The molecule has 0 unspecified atom stereocenters. The number of amides is 1. The van der Waals surface area contributed by atoms with E-state index in [-0.39, 0.29) is 6.04 Å². The molecule has 1 aliphatic heterocycles. The van der Waals surface area contributed by atoms with E-state index in [2.05, 4.69) is 30.4 Å². The predicted octanol–water partition coefficient (Wildman–Crippen LogP) is 3.33. The highest BCUT2D eigenvalue weighted by molar-refractivity contribution is 5.97. The quantitative estimate of drug-likeness (QED) is 0.470. The van der Waals surface area contributed by atoms with Crippen molar-refractivity contribution < 1.29 is 9.53 Å². The predicted molar refractivity (Wildman–Crippen MR) is 128 cm³/mol. The molecule has 2 fully saturated rings. The first-order valence-electron chi connectivity index (χ1n) is 11.9. The highest BCUT2D eigenvalue weighted by Crippen LogP contribution is 2.35. The lowest BCUT2D eigenvalue weighted by Gasteiger charge is -2.34. The molecule has 0 atom stereocenters. The fourth-order valence-corrected chi connectivity index (χ4v) is 5.37. The molecule has 0 radical (unpaired) electrons. The standard InChI is InChI=1S/C24H28N8O2/c1-14-29-30-19-10-5-15(13-32(14)19)18-12-25-22-21(18)23(34-2)28-24(27-22)26-16-6-8-17(9-7-16)31-11-3-4-20(31)33/h5,10,12-13,16-17H,3-4,6-9,11H2,1-2H3,(H2,25,26,27,28)/t16-,17+. The second kappa shape index (κ2) is 8.27. The summed E-state index contributed by atoms with van der Waals surface area (Å²) in [7, 11) is 1.63. The number of pyridine rings is 1. The van der Waals surface area contributed by atoms with Gasteiger partial charge in [-0.3, -0.25) is 9.20 Å². The molecule has 1 saturated carbocycles. The first kappa shape index (κ1) is 20.9. The van der Waals surface area contributed by atoms with Crippen molar-refractivity contribution in [3.05, 3.63) is 30.4 Å². The SMILES string of the molecule is COc1nc(N[C@H]2CC[C@@H](N3CCCC3=O)CC2)nc2[nH]cc(-c3ccc4nnc(C)n4c3)c12. The van der Waals surface area contributed by atoms with Crippen molar-refractivity contribution in [1.82, 2.24) is 34.4 Å². The molecule has 0 bridgehead atoms. The average molecular weight is 461 g/mol. The van der Waals surface area contributed by atoms with Crippen LogP contribution in [0.2, 0.25) is 0 Å². The second-order valence-corrected chi connectivity index (χ2v) is 9.22. The number of hydrogen-bond acceptors (Lipinski definition) is 7. The van der Waals surface area contributed by atoms with Crippen molar-refractivity contribution in [3.8, 4) is 17.0 Å². The lowest BCUT2D eigenvalue weighted by atomic mass is 9.90. The van der Waals surface area contributed by atoms with Crippen molar-refractivity contribution >= 4 is 28.5 Å². The minimum atomic E-state index is 0.282. The zero-order valence-corrected chi connectivity index (χ0v) is 19.4. The molecule has 1 amide bonds. The van der Waals surface area contributed by atoms with Crippen LogP contribution < -0.4 is 10.1 Å². The van der Waals surface area contributed by atoms with Gasteiger partial charge in [0.2, 0.25) is 17.7 Å². The Bertz CT molecular complexity index is 1370. The fourth-order valence-electron chi connectivity index (χ4n) is 5.37. The number of methoxy groups -OCH3 is 1. The largest absolute Gasteiger partial charge is 0.480 e. The first-order valence-corrected chi connectivity index (χ1v) is 11.9. The topological polar surface area (TPSA) is 113 Å². The van der Waals surface area contributed by atoms with E-state index in [1.54, 1.807) is 7.11 Å². The number of aromatic amines is 1. The Labute approximate surface area is 196 Å². The van der Waals surface area contributed by atoms with Crippen LogP contribution in [0.4, 0.5) is 5.95 Å². The van der Waals surface area contributed by atoms with Crippen LogP contribution in [0.3, 0.4) is 0 Å². The lowest BCUT2D eigenvalue weighted by molar-refractivity contribution is -0.130. The number of nitrogens with one attached hydrogen (secondary N) is 2. The van der Waals surface area contributed by atoms with Crippen LogP contribution in [0, 0.1) is 6.92 Å². The molecule has 1 aliphatic carbocycles. The van der Waals surface area contributed by atoms with E-state index in [4.69, 9.17) is 9.72 Å². The third-order valence-corrected chi connectivity index (χ3v) is 7.16. The number of carbonyl (C=O) groups excluding carboxylic acids is 1. The zero-order valence-electron chi connectivity index (χ0n) is 19.4. The number of likely N-dealkylation sites (tertiary alicyclic amines) is 1. The van der Waals surface area contributed by atoms with Gasteiger partial charge in [-0.2, -0.15) is 9.97 Å². The molecule has 6 rings (SSSR count). The molecule has 176 valence electrons. The van der Waals surface area contributed by atoms with E-state index in [0.717, 1.165) is 72.3 Å². The summed E-state index contributed by atoms with van der Waals surface area (Å²) in [6.07, 6.45) is 9.67. The molecule has 10 heteroatoms. The molecule has 0 spiro atoms. The zero-order chi connectivity index (χ0) is 23.2. The summed E-state index contributed by atoms with van der Waals surface area (Å²) < 4.78 is 7.65. The van der Waals surface area contributed by atoms with Gasteiger partial charge in [0.15, 0.2) is 5.65 Å². The Morgan fingerprint density at radius 1 is 1.15 bits per heavy atom. The van der Waals surface area contributed by atoms with Gasteiger partial charge < -0.3 is 19.9 Å². The summed E-state index contributed by atoms with van der Waals surface area (Å²) in [5.41, 5.74) is 3.49. The average Bonchev–Trinajstić information content (AvgIpc) is 3.57. The monoisotopic (exact) mass is 460 g/mol. The van der Waals surface area contributed by atoms with Gasteiger partial charge in [0, 0.05) is 48.6 Å². The van der Waals surface area contributed by atoms with Gasteiger partial charge in [-0.1, -0.05) is 0 Å². The molecule has 4 aromatic heterocycles. The van der Waals surface area contributed by atoms with Gasteiger partial charge in [-0.25, -0.2) is 0 Å². The van der Waals surface area contributed by atoms with Crippen LogP contribution in [-0.2, 0) is 4.79 Å². The van der Waals surface area contributed by atoms with Crippen molar-refractivity contribution in [2.24, 2.45) is 0 Å². The molecule has 10 nitrogen and oxygen atoms in total. The minimum Gasteiger partial charge on any atom is -0.480 e. The van der Waals surface area contributed by atoms with Crippen LogP contribution in [0.25, 0.3) is 27.8 Å². The summed E-state index contributed by atoms with van der Waals surface area (Å²) in [4.78, 5) is 26.9. The van der Waals surface area contributed by atoms with E-state index in [1.807, 2.05) is 35.9 Å². The molecular formula is C24H28N8O2. The van der Waals surface area contributed by atoms with E-state index < -0.39 is 0 Å². The summed E-state index contributed by atoms with van der Waals surface area (Å²) in [6.45, 7) is 2.84. The van der Waals surface area contributed by atoms with Crippen LogP contribution in [0.15, 0.2) is 24.5 Å². The first-order chi connectivity index (χ1) is 16.6. The molecule has 5 heterocycles. The summed E-state index contributed by atoms with van der Waals surface area (Å²) in [5, 5.41) is 12.6. The van der Waals surface area contributed by atoms with E-state index in [0.29, 0.717) is 30.2 Å². The number of carbonyl (C=O) groups is 1. The molecule has 34 heavy (non-hydrogen) atoms. The van der Waals surface area contributed by atoms with Crippen molar-refractivity contribution in [3.63, 3.8) is 0 Å². The number of anilines is 1. The number of ether oxygens (including phenoxy) is 1. The van der Waals surface area contributed by atoms with Crippen LogP contribution >= 0.6 is 0 Å². The molecule has 0 aromatic carbocycles. The molecule has 2 N–H and O–H groups in total. The minimum absolute atomic E-state index is 0.282. The van der Waals surface area contributed by atoms with Gasteiger partial charge in [0.1, 0.15) is 11.5 Å². The van der Waals surface area contributed by atoms with Gasteiger partial charge in [-0.15, -0.1) is 10.2 Å². The highest BCUT2D eigenvalue weighted by atomic mass is 16.5. The van der Waals surface area contributed by atoms with Gasteiger partial charge in [0.25, 0.3) is 0 Å². The lowest BCUT2D eigenvalue weighted by Crippen LogP contribution is -2.41. The maximum atomic E-state index is 12.1. The number of H-pyrrole nitrogens is 1. The molecule has 4 aromatic rings. The van der Waals surface area contributed by atoms with Crippen molar-refractivity contribution in [1.29, 1.82) is 0 Å². The van der Waals surface area contributed by atoms with E-state index in [1.165, 1.54) is 0 Å². The van der Waals surface area contributed by atoms with Crippen LogP contribution in [0.5, 0.6) is 5.88 Å². The Morgan fingerprint density at radius 2 is 2.00 bits per heavy atom. The van der Waals surface area contributed by atoms with Crippen molar-refractivity contribution in [2.45, 2.75) is 57.5 Å². The number of aryl methyl sites for hydroxylation is 1. The summed E-state index contributed by atoms with van der Waals surface area (Å²) in [6, 6.07) is 4.62. The number of fused-ring (bicyclic) bond motifs is 2. The van der Waals surface area contributed by atoms with Gasteiger partial charge in [0.05, 0.1) is 12.5 Å². The second-order valence-electron chi connectivity index (χ2n) is 9.22. The molecular weight excluding hydrogens is 432 g/mol. The molecule has 1 saturated heterocycles. The van der Waals surface area contributed by atoms with Crippen LogP contribution in [0.1, 0.15) is 44.3 Å². The van der Waals surface area contributed by atoms with Gasteiger partial charge >= 0.3 is 0 Å². The Morgan fingerprint density at radius 3 is 2.76 bits per heavy atom. The van der Waals surface area contributed by atoms with E-state index in [9.17, 15) is 4.79 Å². The van der Waals surface area contributed by atoms with E-state index >= 15 is 0 Å². The Hall–Kier alpha value is -3.69. The smallest absolute Gasteiger partial charge is 0.228 e. The summed E-state index contributed by atoms with van der Waals surface area (Å²) in [5.74, 6) is 2.23. The number of nitrogens with zero attached hydrogens (tertiary/aromatic N) is 6. The Kier molecular flexibility index (Phi) is 5.08. The fraction of sp³-hybridized carbons (Fsp3) is 0.458. The third-order valence-electron chi connectivity index (χ3n) is 7.16. The van der Waals surface area contributed by atoms with Crippen molar-refractivity contribution in [2.75, 3.05) is 19.0 Å². The molecule has 2 aliphatic rings. The Balaban J connectivity index is 1.24. The summed E-state index contributed by atoms with van der Waals surface area (Å²) >= 11 is 0. The normalized spacial score (nSPS) is 21.0. The van der Waals surface area contributed by atoms with Gasteiger partial charge in [-0.05, 0) is 51.2 Å². The number of rotatable bonds is 5. The third kappa shape index (κ3) is 3.53. The number of aromatic nitrogens is 6. The maximum absolute atomic E-state index is 12.1. The van der Waals surface area contributed by atoms with Crippen LogP contribution in [-0.4, -0.2) is 66.1 Å². The number of hydrogen-bond donors (Lipinski definition) is 2. The highest BCUT2D eigenvalue weighted by Gasteiger charge is 2.31. The maximum Gasteiger partial charge on any atom is 0.228 e.